The fourth-order valence-electron chi connectivity index (χ4n) is 3.56. The molecule has 2 aromatic rings. The molecule has 4 nitrogen and oxygen atoms in total. The van der Waals surface area contributed by atoms with Crippen LogP contribution < -0.4 is 4.74 Å². The van der Waals surface area contributed by atoms with E-state index in [1.165, 1.54) is 5.56 Å². The molecule has 1 atom stereocenters. The molecule has 0 bridgehead atoms. The summed E-state index contributed by atoms with van der Waals surface area (Å²) in [5.41, 5.74) is 2.08. The molecular formula is C23H29NO3. The molecule has 1 saturated heterocycles. The van der Waals surface area contributed by atoms with Gasteiger partial charge in [-0.15, -0.1) is 0 Å². The molecule has 0 saturated carbocycles. The lowest BCUT2D eigenvalue weighted by Crippen LogP contribution is -2.58. The molecule has 0 aliphatic carbocycles. The summed E-state index contributed by atoms with van der Waals surface area (Å²) in [5, 5.41) is 0. The van der Waals surface area contributed by atoms with Crippen LogP contribution in [-0.4, -0.2) is 42.7 Å². The van der Waals surface area contributed by atoms with E-state index < -0.39 is 0 Å². The predicted octanol–water partition coefficient (Wildman–Crippen LogP) is 3.88. The van der Waals surface area contributed by atoms with Gasteiger partial charge in [-0.3, -0.25) is 4.79 Å². The largest absolute Gasteiger partial charge is 0.497 e. The molecule has 0 aromatic heterocycles. The van der Waals surface area contributed by atoms with Crippen molar-refractivity contribution in [1.29, 1.82) is 0 Å². The van der Waals surface area contributed by atoms with Crippen LogP contribution in [0.4, 0.5) is 0 Å². The smallest absolute Gasteiger partial charge is 0.223 e. The lowest BCUT2D eigenvalue weighted by atomic mass is 9.97. The average Bonchev–Trinajstić information content (AvgIpc) is 2.68. The highest BCUT2D eigenvalue weighted by Crippen LogP contribution is 2.25. The molecule has 1 amide bonds. The third kappa shape index (κ3) is 5.10. The molecule has 0 spiro atoms. The Morgan fingerprint density at radius 1 is 1.15 bits per heavy atom. The SMILES string of the molecule is COc1cccc(CCC(=O)N2CC(Cc3ccccc3)OCC2(C)C)c1. The van der Waals surface area contributed by atoms with Gasteiger partial charge in [0, 0.05) is 19.4 Å². The summed E-state index contributed by atoms with van der Waals surface area (Å²) >= 11 is 0. The quantitative estimate of drug-likeness (QED) is 0.778. The van der Waals surface area contributed by atoms with Gasteiger partial charge in [0.2, 0.25) is 5.91 Å². The first kappa shape index (κ1) is 19.4. The molecule has 2 aromatic carbocycles. The number of nitrogens with zero attached hydrogens (tertiary/aromatic N) is 1. The van der Waals surface area contributed by atoms with Crippen molar-refractivity contribution in [3.05, 3.63) is 65.7 Å². The predicted molar refractivity (Wildman–Crippen MR) is 107 cm³/mol. The van der Waals surface area contributed by atoms with E-state index in [-0.39, 0.29) is 17.6 Å². The number of carbonyl (C=O) groups excluding carboxylic acids is 1. The summed E-state index contributed by atoms with van der Waals surface area (Å²) in [6, 6.07) is 18.2. The summed E-state index contributed by atoms with van der Waals surface area (Å²) < 4.78 is 11.3. The maximum Gasteiger partial charge on any atom is 0.223 e. The van der Waals surface area contributed by atoms with Crippen molar-refractivity contribution in [1.82, 2.24) is 4.90 Å². The lowest BCUT2D eigenvalue weighted by Gasteiger charge is -2.45. The van der Waals surface area contributed by atoms with Gasteiger partial charge in [-0.2, -0.15) is 0 Å². The molecule has 1 fully saturated rings. The zero-order valence-electron chi connectivity index (χ0n) is 16.5. The van der Waals surface area contributed by atoms with Gasteiger partial charge in [0.15, 0.2) is 0 Å². The van der Waals surface area contributed by atoms with Crippen molar-refractivity contribution in [3.8, 4) is 5.75 Å². The van der Waals surface area contributed by atoms with Gasteiger partial charge in [-0.25, -0.2) is 0 Å². The van der Waals surface area contributed by atoms with E-state index in [4.69, 9.17) is 9.47 Å². The van der Waals surface area contributed by atoms with E-state index in [0.29, 0.717) is 26.0 Å². The zero-order valence-corrected chi connectivity index (χ0v) is 16.5. The van der Waals surface area contributed by atoms with Crippen LogP contribution in [0.25, 0.3) is 0 Å². The van der Waals surface area contributed by atoms with Crippen molar-refractivity contribution in [2.75, 3.05) is 20.3 Å². The van der Waals surface area contributed by atoms with Gasteiger partial charge in [0.1, 0.15) is 5.75 Å². The second-order valence-electron chi connectivity index (χ2n) is 7.79. The molecule has 0 N–H and O–H groups in total. The van der Waals surface area contributed by atoms with Crippen molar-refractivity contribution < 1.29 is 14.3 Å². The molecule has 27 heavy (non-hydrogen) atoms. The topological polar surface area (TPSA) is 38.8 Å². The molecule has 1 aliphatic heterocycles. The fourth-order valence-corrected chi connectivity index (χ4v) is 3.56. The van der Waals surface area contributed by atoms with E-state index in [2.05, 4.69) is 26.0 Å². The Kier molecular flexibility index (Phi) is 6.17. The van der Waals surface area contributed by atoms with E-state index in [1.54, 1.807) is 7.11 Å². The molecule has 0 radical (unpaired) electrons. The maximum absolute atomic E-state index is 13.0. The number of ether oxygens (including phenoxy) is 2. The van der Waals surface area contributed by atoms with Crippen LogP contribution in [0, 0.1) is 0 Å². The zero-order chi connectivity index (χ0) is 19.3. The second kappa shape index (κ2) is 8.57. The highest BCUT2D eigenvalue weighted by molar-refractivity contribution is 5.77. The van der Waals surface area contributed by atoms with Crippen molar-refractivity contribution in [2.45, 2.75) is 44.8 Å². The van der Waals surface area contributed by atoms with Crippen LogP contribution in [0.3, 0.4) is 0 Å². The van der Waals surface area contributed by atoms with Gasteiger partial charge >= 0.3 is 0 Å². The van der Waals surface area contributed by atoms with Crippen molar-refractivity contribution in [3.63, 3.8) is 0 Å². The second-order valence-corrected chi connectivity index (χ2v) is 7.79. The number of rotatable bonds is 6. The molecule has 1 heterocycles. The van der Waals surface area contributed by atoms with Gasteiger partial charge in [0.25, 0.3) is 0 Å². The van der Waals surface area contributed by atoms with Crippen LogP contribution in [0.15, 0.2) is 54.6 Å². The number of hydrogen-bond donors (Lipinski definition) is 0. The minimum atomic E-state index is -0.279. The Balaban J connectivity index is 1.62. The standard InChI is InChI=1S/C23H29NO3/c1-23(2)17-27-21(15-18-8-5-4-6-9-18)16-24(23)22(25)13-12-19-10-7-11-20(14-19)26-3/h4-11,14,21H,12-13,15-17H2,1-3H3. The summed E-state index contributed by atoms with van der Waals surface area (Å²) in [5.74, 6) is 1.01. The Hall–Kier alpha value is -2.33. The third-order valence-corrected chi connectivity index (χ3v) is 5.16. The van der Waals surface area contributed by atoms with Crippen LogP contribution >= 0.6 is 0 Å². The Bertz CT molecular complexity index is 757. The number of amides is 1. The maximum atomic E-state index is 13.0. The summed E-state index contributed by atoms with van der Waals surface area (Å²) in [6.07, 6.45) is 2.08. The lowest BCUT2D eigenvalue weighted by molar-refractivity contribution is -0.154. The molecule has 3 rings (SSSR count). The number of benzene rings is 2. The Morgan fingerprint density at radius 2 is 1.89 bits per heavy atom. The summed E-state index contributed by atoms with van der Waals surface area (Å²) in [6.45, 7) is 5.36. The highest BCUT2D eigenvalue weighted by Gasteiger charge is 2.37. The number of morpholine rings is 1. The molecule has 1 unspecified atom stereocenters. The first-order valence-corrected chi connectivity index (χ1v) is 9.57. The van der Waals surface area contributed by atoms with Crippen molar-refractivity contribution >= 4 is 5.91 Å². The van der Waals surface area contributed by atoms with Gasteiger partial charge in [-0.1, -0.05) is 42.5 Å². The average molecular weight is 367 g/mol. The molecule has 1 aliphatic rings. The van der Waals surface area contributed by atoms with Crippen LogP contribution in [-0.2, 0) is 22.4 Å². The fraction of sp³-hybridized carbons (Fsp3) is 0.435. The van der Waals surface area contributed by atoms with Crippen LogP contribution in [0.1, 0.15) is 31.4 Å². The van der Waals surface area contributed by atoms with Crippen molar-refractivity contribution in [2.24, 2.45) is 0 Å². The monoisotopic (exact) mass is 367 g/mol. The minimum absolute atomic E-state index is 0.0428. The first-order chi connectivity index (χ1) is 13.0. The number of methoxy groups -OCH3 is 1. The van der Waals surface area contributed by atoms with E-state index in [1.807, 2.05) is 47.4 Å². The Morgan fingerprint density at radius 3 is 2.63 bits per heavy atom. The minimum Gasteiger partial charge on any atom is -0.497 e. The van der Waals surface area contributed by atoms with Gasteiger partial charge in [0.05, 0.1) is 25.4 Å². The highest BCUT2D eigenvalue weighted by atomic mass is 16.5. The van der Waals surface area contributed by atoms with E-state index in [0.717, 1.165) is 17.7 Å². The Labute approximate surface area is 162 Å². The molecule has 144 valence electrons. The van der Waals surface area contributed by atoms with E-state index >= 15 is 0 Å². The number of aryl methyl sites for hydroxylation is 1. The van der Waals surface area contributed by atoms with Crippen LogP contribution in [0.5, 0.6) is 5.75 Å². The number of hydrogen-bond acceptors (Lipinski definition) is 3. The number of carbonyl (C=O) groups is 1. The molecule has 4 heteroatoms. The van der Waals surface area contributed by atoms with Gasteiger partial charge in [-0.05, 0) is 43.5 Å². The normalized spacial score (nSPS) is 18.9. The van der Waals surface area contributed by atoms with Crippen LogP contribution in [0.2, 0.25) is 0 Å². The summed E-state index contributed by atoms with van der Waals surface area (Å²) in [7, 11) is 1.66. The van der Waals surface area contributed by atoms with Gasteiger partial charge < -0.3 is 14.4 Å². The molecular weight excluding hydrogens is 338 g/mol. The summed E-state index contributed by atoms with van der Waals surface area (Å²) in [4.78, 5) is 15.0. The first-order valence-electron chi connectivity index (χ1n) is 9.57. The third-order valence-electron chi connectivity index (χ3n) is 5.16. The van der Waals surface area contributed by atoms with E-state index in [9.17, 15) is 4.79 Å².